The Kier molecular flexibility index (Phi) is 6.90. The fourth-order valence-electron chi connectivity index (χ4n) is 3.33. The van der Waals surface area contributed by atoms with Gasteiger partial charge in [-0.15, -0.1) is 0 Å². The molecule has 0 atom stereocenters. The quantitative estimate of drug-likeness (QED) is 0.512. The lowest BCUT2D eigenvalue weighted by Crippen LogP contribution is -2.13. The molecule has 0 saturated heterocycles. The maximum absolute atomic E-state index is 12.8. The molecule has 31 heavy (non-hydrogen) atoms. The molecule has 0 aliphatic heterocycles. The molecule has 1 aromatic heterocycles. The number of benzene rings is 2. The number of furan rings is 1. The average Bonchev–Trinajstić information content (AvgIpc) is 3.23. The van der Waals surface area contributed by atoms with Crippen LogP contribution in [0.1, 0.15) is 52.8 Å². The molecule has 0 aliphatic rings. The van der Waals surface area contributed by atoms with Gasteiger partial charge in [-0.05, 0) is 41.7 Å². The van der Waals surface area contributed by atoms with Crippen LogP contribution in [0.5, 0.6) is 17.2 Å². The van der Waals surface area contributed by atoms with Gasteiger partial charge in [0.05, 0.1) is 21.3 Å². The summed E-state index contributed by atoms with van der Waals surface area (Å²) in [4.78, 5) is 12.8. The second kappa shape index (κ2) is 9.60. The van der Waals surface area contributed by atoms with Gasteiger partial charge >= 0.3 is 0 Å². The Morgan fingerprint density at radius 2 is 1.65 bits per heavy atom. The van der Waals surface area contributed by atoms with E-state index in [2.05, 4.69) is 44.3 Å². The number of nitrogens with one attached hydrogen (secondary N) is 1. The minimum atomic E-state index is -0.388. The summed E-state index contributed by atoms with van der Waals surface area (Å²) in [5, 5.41) is 2.82. The van der Waals surface area contributed by atoms with E-state index in [-0.39, 0.29) is 11.7 Å². The highest BCUT2D eigenvalue weighted by molar-refractivity contribution is 6.04. The van der Waals surface area contributed by atoms with E-state index in [0.29, 0.717) is 35.3 Å². The molecule has 6 heteroatoms. The summed E-state index contributed by atoms with van der Waals surface area (Å²) < 4.78 is 21.9. The van der Waals surface area contributed by atoms with Crippen LogP contribution >= 0.6 is 0 Å². The second-order valence-electron chi connectivity index (χ2n) is 7.64. The Balaban J connectivity index is 1.81. The second-order valence-corrected chi connectivity index (χ2v) is 7.64. The van der Waals surface area contributed by atoms with E-state index in [0.717, 1.165) is 5.76 Å². The third-order valence-corrected chi connectivity index (χ3v) is 5.24. The van der Waals surface area contributed by atoms with Gasteiger partial charge in [0.2, 0.25) is 0 Å². The summed E-state index contributed by atoms with van der Waals surface area (Å²) >= 11 is 0. The number of carbonyl (C=O) groups is 1. The molecular formula is C25H29NO5. The van der Waals surface area contributed by atoms with Crippen LogP contribution in [0.3, 0.4) is 0 Å². The van der Waals surface area contributed by atoms with Crippen molar-refractivity contribution in [1.29, 1.82) is 0 Å². The third kappa shape index (κ3) is 5.02. The SMILES string of the molecule is COc1cc(OC)c(NC(=O)c2ccc(Cc3cc(C(C)C)ccc3C)o2)c(OC)c1. The van der Waals surface area contributed by atoms with E-state index >= 15 is 0 Å². The molecule has 1 amide bonds. The van der Waals surface area contributed by atoms with E-state index in [1.54, 1.807) is 25.3 Å². The molecular weight excluding hydrogens is 394 g/mol. The largest absolute Gasteiger partial charge is 0.496 e. The zero-order valence-electron chi connectivity index (χ0n) is 18.9. The summed E-state index contributed by atoms with van der Waals surface area (Å²) in [6.07, 6.45) is 0.620. The molecule has 0 spiro atoms. The van der Waals surface area contributed by atoms with Gasteiger partial charge in [0.1, 0.15) is 28.7 Å². The van der Waals surface area contributed by atoms with Crippen LogP contribution in [0.15, 0.2) is 46.9 Å². The number of hydrogen-bond donors (Lipinski definition) is 1. The first-order valence-electron chi connectivity index (χ1n) is 10.2. The van der Waals surface area contributed by atoms with Gasteiger partial charge in [0.25, 0.3) is 5.91 Å². The van der Waals surface area contributed by atoms with Gasteiger partial charge in [-0.25, -0.2) is 0 Å². The summed E-state index contributed by atoms with van der Waals surface area (Å²) in [5.41, 5.74) is 4.07. The number of aryl methyl sites for hydroxylation is 1. The fourth-order valence-corrected chi connectivity index (χ4v) is 3.33. The van der Waals surface area contributed by atoms with Gasteiger partial charge < -0.3 is 23.9 Å². The molecule has 0 bridgehead atoms. The zero-order valence-corrected chi connectivity index (χ0v) is 18.9. The van der Waals surface area contributed by atoms with Gasteiger partial charge in [-0.1, -0.05) is 32.0 Å². The molecule has 6 nitrogen and oxygen atoms in total. The fraction of sp³-hybridized carbons (Fsp3) is 0.320. The van der Waals surface area contributed by atoms with E-state index in [1.165, 1.54) is 30.9 Å². The van der Waals surface area contributed by atoms with Crippen LogP contribution < -0.4 is 19.5 Å². The molecule has 0 radical (unpaired) electrons. The van der Waals surface area contributed by atoms with Crippen molar-refractivity contribution in [3.8, 4) is 17.2 Å². The standard InChI is InChI=1S/C25H29NO5/c1-15(2)17-8-7-16(3)18(11-17)12-19-9-10-21(31-19)25(27)26-24-22(29-5)13-20(28-4)14-23(24)30-6/h7-11,13-15H,12H2,1-6H3,(H,26,27). The lowest BCUT2D eigenvalue weighted by molar-refractivity contribution is 0.0994. The summed E-state index contributed by atoms with van der Waals surface area (Å²) in [6.45, 7) is 6.43. The van der Waals surface area contributed by atoms with E-state index < -0.39 is 0 Å². The maximum Gasteiger partial charge on any atom is 0.291 e. The van der Waals surface area contributed by atoms with E-state index in [4.69, 9.17) is 18.6 Å². The van der Waals surface area contributed by atoms with Crippen molar-refractivity contribution in [2.45, 2.75) is 33.1 Å². The summed E-state index contributed by atoms with van der Waals surface area (Å²) in [7, 11) is 4.58. The van der Waals surface area contributed by atoms with Crippen LogP contribution in [-0.4, -0.2) is 27.2 Å². The van der Waals surface area contributed by atoms with Gasteiger partial charge in [0, 0.05) is 18.6 Å². The minimum absolute atomic E-state index is 0.215. The number of methoxy groups -OCH3 is 3. The number of anilines is 1. The van der Waals surface area contributed by atoms with Crippen LogP contribution in [-0.2, 0) is 6.42 Å². The molecule has 0 aliphatic carbocycles. The normalized spacial score (nSPS) is 10.8. The highest BCUT2D eigenvalue weighted by Crippen LogP contribution is 2.39. The van der Waals surface area contributed by atoms with Crippen LogP contribution in [0.25, 0.3) is 0 Å². The third-order valence-electron chi connectivity index (χ3n) is 5.24. The lowest BCUT2D eigenvalue weighted by atomic mass is 9.96. The van der Waals surface area contributed by atoms with Crippen molar-refractivity contribution in [1.82, 2.24) is 0 Å². The van der Waals surface area contributed by atoms with Crippen molar-refractivity contribution in [3.05, 3.63) is 70.7 Å². The zero-order chi connectivity index (χ0) is 22.5. The minimum Gasteiger partial charge on any atom is -0.496 e. The Labute approximate surface area is 183 Å². The number of amides is 1. The maximum atomic E-state index is 12.8. The molecule has 164 valence electrons. The van der Waals surface area contributed by atoms with Crippen molar-refractivity contribution in [3.63, 3.8) is 0 Å². The number of ether oxygens (including phenoxy) is 3. The molecule has 1 N–H and O–H groups in total. The lowest BCUT2D eigenvalue weighted by Gasteiger charge is -2.15. The van der Waals surface area contributed by atoms with Crippen molar-refractivity contribution >= 4 is 11.6 Å². The summed E-state index contributed by atoms with van der Waals surface area (Å²) in [6, 6.07) is 13.3. The van der Waals surface area contributed by atoms with Crippen LogP contribution in [0.4, 0.5) is 5.69 Å². The Morgan fingerprint density at radius 3 is 2.23 bits per heavy atom. The number of hydrogen-bond acceptors (Lipinski definition) is 5. The average molecular weight is 424 g/mol. The first-order chi connectivity index (χ1) is 14.9. The molecule has 1 heterocycles. The monoisotopic (exact) mass is 423 g/mol. The van der Waals surface area contributed by atoms with Crippen LogP contribution in [0.2, 0.25) is 0 Å². The molecule has 3 rings (SSSR count). The number of rotatable bonds is 8. The molecule has 0 saturated carbocycles. The predicted molar refractivity (Wildman–Crippen MR) is 121 cm³/mol. The summed E-state index contributed by atoms with van der Waals surface area (Å²) in [5.74, 6) is 2.42. The predicted octanol–water partition coefficient (Wildman–Crippen LogP) is 5.58. The molecule has 0 unspecified atom stereocenters. The van der Waals surface area contributed by atoms with Crippen molar-refractivity contribution in [2.24, 2.45) is 0 Å². The topological polar surface area (TPSA) is 69.9 Å². The van der Waals surface area contributed by atoms with Crippen LogP contribution in [0, 0.1) is 6.92 Å². The highest BCUT2D eigenvalue weighted by Gasteiger charge is 2.19. The van der Waals surface area contributed by atoms with E-state index in [1.807, 2.05) is 6.07 Å². The smallest absolute Gasteiger partial charge is 0.291 e. The van der Waals surface area contributed by atoms with Crippen molar-refractivity contribution < 1.29 is 23.4 Å². The molecule has 3 aromatic rings. The van der Waals surface area contributed by atoms with Gasteiger partial charge in [0.15, 0.2) is 5.76 Å². The van der Waals surface area contributed by atoms with E-state index in [9.17, 15) is 4.79 Å². The van der Waals surface area contributed by atoms with Gasteiger partial charge in [-0.2, -0.15) is 0 Å². The molecule has 0 fully saturated rings. The number of carbonyl (C=O) groups excluding carboxylic acids is 1. The Hall–Kier alpha value is -3.41. The Morgan fingerprint density at radius 1 is 0.968 bits per heavy atom. The molecule has 2 aromatic carbocycles. The highest BCUT2D eigenvalue weighted by atomic mass is 16.5. The van der Waals surface area contributed by atoms with Gasteiger partial charge in [-0.3, -0.25) is 4.79 Å². The first-order valence-corrected chi connectivity index (χ1v) is 10.2. The van der Waals surface area contributed by atoms with Crippen molar-refractivity contribution in [2.75, 3.05) is 26.6 Å². The first kappa shape index (κ1) is 22.3. The Bertz CT molecular complexity index is 1040.